The van der Waals surface area contributed by atoms with Gasteiger partial charge in [0.15, 0.2) is 0 Å². The van der Waals surface area contributed by atoms with Crippen LogP contribution in [-0.4, -0.2) is 10.8 Å². The second-order valence-electron chi connectivity index (χ2n) is 4.17. The van der Waals surface area contributed by atoms with Gasteiger partial charge in [0, 0.05) is 22.9 Å². The van der Waals surface area contributed by atoms with Crippen LogP contribution in [0.3, 0.4) is 0 Å². The van der Waals surface area contributed by atoms with E-state index in [1.165, 1.54) is 49.4 Å². The van der Waals surface area contributed by atoms with Gasteiger partial charge in [-0.25, -0.2) is 4.39 Å². The zero-order valence-electron chi connectivity index (χ0n) is 10.6. The molecule has 0 spiro atoms. The number of nitrogens with zero attached hydrogens (tertiary/aromatic N) is 1. The van der Waals surface area contributed by atoms with Crippen molar-refractivity contribution >= 4 is 17.3 Å². The molecule has 1 N–H and O–H groups in total. The Kier molecular flexibility index (Phi) is 3.74. The lowest BCUT2D eigenvalue weighted by Gasteiger charge is -2.08. The lowest BCUT2D eigenvalue weighted by Crippen LogP contribution is -2.14. The molecular formula is C14H11FN2O3. The van der Waals surface area contributed by atoms with Gasteiger partial charge in [-0.05, 0) is 31.2 Å². The molecule has 2 aromatic carbocycles. The summed E-state index contributed by atoms with van der Waals surface area (Å²) < 4.78 is 13.0. The van der Waals surface area contributed by atoms with E-state index >= 15 is 0 Å². The first-order valence-electron chi connectivity index (χ1n) is 5.80. The minimum atomic E-state index is -0.547. The molecule has 5 nitrogen and oxygen atoms in total. The predicted octanol–water partition coefficient (Wildman–Crippen LogP) is 3.29. The number of rotatable bonds is 3. The smallest absolute Gasteiger partial charge is 0.273 e. The number of benzene rings is 2. The van der Waals surface area contributed by atoms with Gasteiger partial charge in [-0.3, -0.25) is 14.9 Å². The van der Waals surface area contributed by atoms with Crippen LogP contribution in [0.4, 0.5) is 15.8 Å². The molecule has 0 aromatic heterocycles. The second kappa shape index (κ2) is 5.48. The number of hydrogen-bond acceptors (Lipinski definition) is 3. The summed E-state index contributed by atoms with van der Waals surface area (Å²) in [6.45, 7) is 1.50. The van der Waals surface area contributed by atoms with Crippen LogP contribution in [0, 0.1) is 22.9 Å². The average Bonchev–Trinajstić information content (AvgIpc) is 2.38. The summed E-state index contributed by atoms with van der Waals surface area (Å²) in [6, 6.07) is 9.68. The predicted molar refractivity (Wildman–Crippen MR) is 72.2 cm³/mol. The van der Waals surface area contributed by atoms with Gasteiger partial charge in [0.25, 0.3) is 11.6 Å². The van der Waals surface area contributed by atoms with Gasteiger partial charge in [0.1, 0.15) is 5.82 Å². The molecule has 20 heavy (non-hydrogen) atoms. The molecule has 0 atom stereocenters. The highest BCUT2D eigenvalue weighted by atomic mass is 19.1. The first-order chi connectivity index (χ1) is 9.49. The van der Waals surface area contributed by atoms with Crippen molar-refractivity contribution in [2.24, 2.45) is 0 Å². The lowest BCUT2D eigenvalue weighted by atomic mass is 10.1. The van der Waals surface area contributed by atoms with E-state index in [1.807, 2.05) is 0 Å². The molecule has 0 radical (unpaired) electrons. The van der Waals surface area contributed by atoms with E-state index < -0.39 is 16.6 Å². The number of nitrogens with one attached hydrogen (secondary N) is 1. The molecule has 102 valence electrons. The summed E-state index contributed by atoms with van der Waals surface area (Å²) in [4.78, 5) is 22.3. The van der Waals surface area contributed by atoms with Gasteiger partial charge >= 0.3 is 0 Å². The van der Waals surface area contributed by atoms with Crippen molar-refractivity contribution in [1.29, 1.82) is 0 Å². The fraction of sp³-hybridized carbons (Fsp3) is 0.0714. The van der Waals surface area contributed by atoms with Crippen LogP contribution in [0.1, 0.15) is 15.9 Å². The normalized spacial score (nSPS) is 10.1. The molecule has 2 aromatic rings. The van der Waals surface area contributed by atoms with Crippen LogP contribution >= 0.6 is 0 Å². The van der Waals surface area contributed by atoms with Crippen molar-refractivity contribution < 1.29 is 14.1 Å². The van der Waals surface area contributed by atoms with Crippen molar-refractivity contribution in [2.75, 3.05) is 5.32 Å². The van der Waals surface area contributed by atoms with E-state index in [0.717, 1.165) is 0 Å². The van der Waals surface area contributed by atoms with Gasteiger partial charge < -0.3 is 5.32 Å². The first-order valence-corrected chi connectivity index (χ1v) is 5.80. The van der Waals surface area contributed by atoms with Crippen LogP contribution in [0.25, 0.3) is 0 Å². The minimum absolute atomic E-state index is 0.128. The van der Waals surface area contributed by atoms with Crippen LogP contribution in [-0.2, 0) is 0 Å². The molecule has 6 heteroatoms. The third kappa shape index (κ3) is 2.80. The topological polar surface area (TPSA) is 72.2 Å². The Labute approximate surface area is 114 Å². The minimum Gasteiger partial charge on any atom is -0.322 e. The van der Waals surface area contributed by atoms with E-state index in [1.54, 1.807) is 0 Å². The van der Waals surface area contributed by atoms with E-state index in [9.17, 15) is 19.3 Å². The Balaban J connectivity index is 2.30. The van der Waals surface area contributed by atoms with Gasteiger partial charge in [-0.1, -0.05) is 12.1 Å². The number of carbonyl (C=O) groups is 1. The third-order valence-electron chi connectivity index (χ3n) is 2.83. The summed E-state index contributed by atoms with van der Waals surface area (Å²) in [7, 11) is 0. The second-order valence-corrected chi connectivity index (χ2v) is 4.17. The zero-order valence-corrected chi connectivity index (χ0v) is 10.6. The highest BCUT2D eigenvalue weighted by Crippen LogP contribution is 2.22. The van der Waals surface area contributed by atoms with Crippen molar-refractivity contribution in [3.05, 3.63) is 69.5 Å². The number of carbonyl (C=O) groups excluding carboxylic acids is 1. The lowest BCUT2D eigenvalue weighted by molar-refractivity contribution is -0.385. The quantitative estimate of drug-likeness (QED) is 0.689. The van der Waals surface area contributed by atoms with Crippen molar-refractivity contribution in [1.82, 2.24) is 0 Å². The zero-order chi connectivity index (χ0) is 14.7. The van der Waals surface area contributed by atoms with Gasteiger partial charge in [-0.15, -0.1) is 0 Å². The summed E-state index contributed by atoms with van der Waals surface area (Å²) in [5, 5.41) is 13.3. The van der Waals surface area contributed by atoms with E-state index in [0.29, 0.717) is 5.69 Å². The first kappa shape index (κ1) is 13.7. The van der Waals surface area contributed by atoms with Crippen molar-refractivity contribution in [2.45, 2.75) is 6.92 Å². The molecule has 1 amide bonds. The van der Waals surface area contributed by atoms with Crippen LogP contribution in [0.15, 0.2) is 42.5 Å². The fourth-order valence-corrected chi connectivity index (χ4v) is 1.83. The molecule has 0 unspecified atom stereocenters. The molecule has 0 saturated heterocycles. The maximum absolute atomic E-state index is 13.0. The van der Waals surface area contributed by atoms with E-state index in [-0.39, 0.29) is 16.8 Å². The molecule has 0 fully saturated rings. The van der Waals surface area contributed by atoms with Crippen LogP contribution in [0.2, 0.25) is 0 Å². The molecule has 2 rings (SSSR count). The molecule has 0 aliphatic heterocycles. The molecular weight excluding hydrogens is 263 g/mol. The van der Waals surface area contributed by atoms with Gasteiger partial charge in [-0.2, -0.15) is 0 Å². The number of amides is 1. The highest BCUT2D eigenvalue weighted by Gasteiger charge is 2.17. The van der Waals surface area contributed by atoms with Crippen LogP contribution < -0.4 is 5.32 Å². The molecule has 0 saturated carbocycles. The fourth-order valence-electron chi connectivity index (χ4n) is 1.83. The number of nitro benzene ring substituents is 1. The van der Waals surface area contributed by atoms with Crippen LogP contribution in [0.5, 0.6) is 0 Å². The highest BCUT2D eigenvalue weighted by molar-refractivity contribution is 6.05. The Hall–Kier alpha value is -2.76. The summed E-state index contributed by atoms with van der Waals surface area (Å²) in [6.07, 6.45) is 0. The number of hydrogen-bond donors (Lipinski definition) is 1. The van der Waals surface area contributed by atoms with E-state index in [2.05, 4.69) is 5.32 Å². The van der Waals surface area contributed by atoms with E-state index in [4.69, 9.17) is 0 Å². The maximum Gasteiger partial charge on any atom is 0.273 e. The third-order valence-corrected chi connectivity index (χ3v) is 2.83. The summed E-state index contributed by atoms with van der Waals surface area (Å²) in [5.41, 5.74) is 0.618. The largest absolute Gasteiger partial charge is 0.322 e. The number of halogens is 1. The molecule has 0 aliphatic carbocycles. The SMILES string of the molecule is Cc1c(C(=O)Nc2cccc(F)c2)cccc1[N+](=O)[O-]. The summed E-state index contributed by atoms with van der Waals surface area (Å²) in [5.74, 6) is -0.990. The monoisotopic (exact) mass is 274 g/mol. The van der Waals surface area contributed by atoms with Gasteiger partial charge in [0.2, 0.25) is 0 Å². The molecule has 0 heterocycles. The standard InChI is InChI=1S/C14H11FN2O3/c1-9-12(6-3-7-13(9)17(19)20)14(18)16-11-5-2-4-10(15)8-11/h2-8H,1H3,(H,16,18). The maximum atomic E-state index is 13.0. The van der Waals surface area contributed by atoms with Crippen molar-refractivity contribution in [3.8, 4) is 0 Å². The Bertz CT molecular complexity index is 686. The average molecular weight is 274 g/mol. The van der Waals surface area contributed by atoms with Gasteiger partial charge in [0.05, 0.1) is 4.92 Å². The Morgan fingerprint density at radius 2 is 1.95 bits per heavy atom. The Morgan fingerprint density at radius 3 is 2.60 bits per heavy atom. The molecule has 0 bridgehead atoms. The number of anilines is 1. The Morgan fingerprint density at radius 1 is 1.25 bits per heavy atom. The van der Waals surface area contributed by atoms with Crippen molar-refractivity contribution in [3.63, 3.8) is 0 Å². The molecule has 0 aliphatic rings. The summed E-state index contributed by atoms with van der Waals surface area (Å²) >= 11 is 0. The number of nitro groups is 1.